The van der Waals surface area contributed by atoms with Crippen LogP contribution in [0.1, 0.15) is 30.0 Å². The molecule has 1 aliphatic heterocycles. The number of benzene rings is 2. The lowest BCUT2D eigenvalue weighted by molar-refractivity contribution is -0.126. The number of carbonyl (C=O) groups is 2. The summed E-state index contributed by atoms with van der Waals surface area (Å²) in [5, 5.41) is 2.97. The lowest BCUT2D eigenvalue weighted by atomic mass is 10.1. The number of hydrogen-bond acceptors (Lipinski definition) is 2. The Bertz CT molecular complexity index is 768. The molecule has 2 aromatic rings. The van der Waals surface area contributed by atoms with Crippen LogP contribution in [0.3, 0.4) is 0 Å². The molecule has 2 aromatic carbocycles. The number of nitrogens with one attached hydrogen (secondary N) is 1. The molecule has 1 N–H and O–H groups in total. The molecule has 0 bridgehead atoms. The van der Waals surface area contributed by atoms with E-state index in [4.69, 9.17) is 0 Å². The molecule has 25 heavy (non-hydrogen) atoms. The quantitative estimate of drug-likeness (QED) is 0.911. The van der Waals surface area contributed by atoms with Gasteiger partial charge in [-0.2, -0.15) is 0 Å². The summed E-state index contributed by atoms with van der Waals surface area (Å²) < 4.78 is 0. The van der Waals surface area contributed by atoms with Crippen LogP contribution in [0.2, 0.25) is 0 Å². The minimum Gasteiger partial charge on any atom is -0.352 e. The largest absolute Gasteiger partial charge is 0.352 e. The maximum atomic E-state index is 12.5. The van der Waals surface area contributed by atoms with Crippen LogP contribution in [0.15, 0.2) is 48.5 Å². The Morgan fingerprint density at radius 1 is 1.16 bits per heavy atom. The zero-order chi connectivity index (χ0) is 17.8. The topological polar surface area (TPSA) is 49.4 Å². The minimum atomic E-state index is -0.289. The number of nitrogens with zero attached hydrogens (tertiary/aromatic N) is 1. The van der Waals surface area contributed by atoms with Crippen molar-refractivity contribution >= 4 is 17.5 Å². The third-order valence-electron chi connectivity index (χ3n) is 4.87. The molecule has 1 aliphatic rings. The molecule has 0 saturated carbocycles. The molecule has 0 aromatic heterocycles. The van der Waals surface area contributed by atoms with Crippen LogP contribution < -0.4 is 10.2 Å². The Morgan fingerprint density at radius 3 is 2.56 bits per heavy atom. The van der Waals surface area contributed by atoms with Gasteiger partial charge >= 0.3 is 0 Å². The van der Waals surface area contributed by atoms with Crippen molar-refractivity contribution in [3.8, 4) is 0 Å². The summed E-state index contributed by atoms with van der Waals surface area (Å²) in [5.74, 6) is -0.327. The summed E-state index contributed by atoms with van der Waals surface area (Å²) in [6.07, 6.45) is 1.24. The number of hydrogen-bond donors (Lipinski definition) is 1. The zero-order valence-corrected chi connectivity index (χ0v) is 14.8. The van der Waals surface area contributed by atoms with Gasteiger partial charge in [-0.3, -0.25) is 9.59 Å². The van der Waals surface area contributed by atoms with E-state index in [0.717, 1.165) is 23.2 Å². The first-order chi connectivity index (χ1) is 12.1. The maximum absolute atomic E-state index is 12.5. The predicted octanol–water partition coefficient (Wildman–Crippen LogP) is 3.23. The van der Waals surface area contributed by atoms with Crippen molar-refractivity contribution in [3.05, 3.63) is 65.2 Å². The molecule has 1 fully saturated rings. The third-order valence-corrected chi connectivity index (χ3v) is 4.87. The van der Waals surface area contributed by atoms with E-state index in [1.165, 1.54) is 5.56 Å². The van der Waals surface area contributed by atoms with Crippen LogP contribution in [0.25, 0.3) is 0 Å². The van der Waals surface area contributed by atoms with Gasteiger partial charge in [-0.15, -0.1) is 0 Å². The molecule has 0 aliphatic carbocycles. The zero-order valence-electron chi connectivity index (χ0n) is 14.8. The van der Waals surface area contributed by atoms with Crippen molar-refractivity contribution in [2.75, 3.05) is 11.4 Å². The molecule has 130 valence electrons. The molecule has 4 nitrogen and oxygen atoms in total. The summed E-state index contributed by atoms with van der Waals surface area (Å²) >= 11 is 0. The molecule has 0 unspecified atom stereocenters. The number of amides is 2. The van der Waals surface area contributed by atoms with Crippen LogP contribution in [0.4, 0.5) is 5.69 Å². The Balaban J connectivity index is 1.61. The SMILES string of the molecule is CCc1ccc(N2C[C@H](C(=O)NCc3ccccc3C)CC2=O)cc1. The van der Waals surface area contributed by atoms with Crippen LogP contribution in [-0.4, -0.2) is 18.4 Å². The maximum Gasteiger partial charge on any atom is 0.227 e. The molecule has 1 saturated heterocycles. The van der Waals surface area contributed by atoms with Gasteiger partial charge in [-0.1, -0.05) is 43.3 Å². The summed E-state index contributed by atoms with van der Waals surface area (Å²) in [6.45, 7) is 5.08. The van der Waals surface area contributed by atoms with Gasteiger partial charge in [0.2, 0.25) is 11.8 Å². The van der Waals surface area contributed by atoms with Crippen molar-refractivity contribution < 1.29 is 9.59 Å². The number of aryl methyl sites for hydroxylation is 2. The van der Waals surface area contributed by atoms with E-state index in [2.05, 4.69) is 12.2 Å². The second-order valence-corrected chi connectivity index (χ2v) is 6.57. The second-order valence-electron chi connectivity index (χ2n) is 6.57. The third kappa shape index (κ3) is 3.90. The van der Waals surface area contributed by atoms with Gasteiger partial charge in [0.25, 0.3) is 0 Å². The highest BCUT2D eigenvalue weighted by Crippen LogP contribution is 2.25. The van der Waals surface area contributed by atoms with Gasteiger partial charge in [-0.25, -0.2) is 0 Å². The van der Waals surface area contributed by atoms with Gasteiger partial charge < -0.3 is 10.2 Å². The smallest absolute Gasteiger partial charge is 0.227 e. The fourth-order valence-electron chi connectivity index (χ4n) is 3.18. The lowest BCUT2D eigenvalue weighted by Crippen LogP contribution is -2.32. The number of rotatable bonds is 5. The first-order valence-corrected chi connectivity index (χ1v) is 8.80. The van der Waals surface area contributed by atoms with E-state index in [-0.39, 0.29) is 24.2 Å². The summed E-state index contributed by atoms with van der Waals surface area (Å²) in [4.78, 5) is 26.5. The highest BCUT2D eigenvalue weighted by atomic mass is 16.2. The second kappa shape index (κ2) is 7.51. The Kier molecular flexibility index (Phi) is 5.17. The molecule has 4 heteroatoms. The average molecular weight is 336 g/mol. The molecular formula is C21H24N2O2. The molecule has 1 atom stereocenters. The Morgan fingerprint density at radius 2 is 1.88 bits per heavy atom. The highest BCUT2D eigenvalue weighted by Gasteiger charge is 2.34. The Labute approximate surface area is 148 Å². The van der Waals surface area contributed by atoms with Gasteiger partial charge in [0.05, 0.1) is 5.92 Å². The van der Waals surface area contributed by atoms with E-state index in [1.54, 1.807) is 4.90 Å². The minimum absolute atomic E-state index is 0.0142. The first-order valence-electron chi connectivity index (χ1n) is 8.80. The summed E-state index contributed by atoms with van der Waals surface area (Å²) in [6, 6.07) is 16.0. The summed E-state index contributed by atoms with van der Waals surface area (Å²) in [7, 11) is 0. The molecule has 1 heterocycles. The molecule has 3 rings (SSSR count). The normalized spacial score (nSPS) is 17.0. The standard InChI is InChI=1S/C21H24N2O2/c1-3-16-8-10-19(11-9-16)23-14-18(12-20(23)24)21(25)22-13-17-7-5-4-6-15(17)2/h4-11,18H,3,12-14H2,1-2H3,(H,22,25)/t18-/m1/s1. The molecule has 0 spiro atoms. The van der Waals surface area contributed by atoms with Crippen molar-refractivity contribution in [2.45, 2.75) is 33.2 Å². The first kappa shape index (κ1) is 17.2. The summed E-state index contributed by atoms with van der Waals surface area (Å²) in [5.41, 5.74) is 4.37. The predicted molar refractivity (Wildman–Crippen MR) is 99.3 cm³/mol. The number of anilines is 1. The van der Waals surface area contributed by atoms with Crippen molar-refractivity contribution in [2.24, 2.45) is 5.92 Å². The fraction of sp³-hybridized carbons (Fsp3) is 0.333. The van der Waals surface area contributed by atoms with E-state index in [0.29, 0.717) is 13.1 Å². The fourth-order valence-corrected chi connectivity index (χ4v) is 3.18. The van der Waals surface area contributed by atoms with Gasteiger partial charge in [0.1, 0.15) is 0 Å². The van der Waals surface area contributed by atoms with Crippen LogP contribution >= 0.6 is 0 Å². The van der Waals surface area contributed by atoms with Gasteiger partial charge in [-0.05, 0) is 42.2 Å². The van der Waals surface area contributed by atoms with Crippen molar-refractivity contribution in [1.29, 1.82) is 0 Å². The highest BCUT2D eigenvalue weighted by molar-refractivity contribution is 6.00. The monoisotopic (exact) mass is 336 g/mol. The molecule has 0 radical (unpaired) electrons. The van der Waals surface area contributed by atoms with E-state index in [1.807, 2.05) is 55.5 Å². The van der Waals surface area contributed by atoms with Gasteiger partial charge in [0, 0.05) is 25.2 Å². The van der Waals surface area contributed by atoms with E-state index < -0.39 is 0 Å². The number of carbonyl (C=O) groups excluding carboxylic acids is 2. The van der Waals surface area contributed by atoms with Gasteiger partial charge in [0.15, 0.2) is 0 Å². The average Bonchev–Trinajstić information content (AvgIpc) is 3.03. The van der Waals surface area contributed by atoms with Crippen LogP contribution in [0, 0.1) is 12.8 Å². The van der Waals surface area contributed by atoms with Crippen LogP contribution in [0.5, 0.6) is 0 Å². The van der Waals surface area contributed by atoms with Crippen molar-refractivity contribution in [3.63, 3.8) is 0 Å². The van der Waals surface area contributed by atoms with E-state index >= 15 is 0 Å². The van der Waals surface area contributed by atoms with Crippen molar-refractivity contribution in [1.82, 2.24) is 5.32 Å². The van der Waals surface area contributed by atoms with E-state index in [9.17, 15) is 9.59 Å². The molecular weight excluding hydrogens is 312 g/mol. The lowest BCUT2D eigenvalue weighted by Gasteiger charge is -2.17. The van der Waals surface area contributed by atoms with Crippen LogP contribution in [-0.2, 0) is 22.6 Å². The Hall–Kier alpha value is -2.62. The molecule has 2 amide bonds.